The van der Waals surface area contributed by atoms with Crippen LogP contribution in [0.15, 0.2) is 35.4 Å². The van der Waals surface area contributed by atoms with E-state index in [0.29, 0.717) is 22.6 Å². The highest BCUT2D eigenvalue weighted by molar-refractivity contribution is 6.33. The maximum atomic E-state index is 13.8. The Bertz CT molecular complexity index is 436. The molecule has 0 aromatic heterocycles. The lowest BCUT2D eigenvalue weighted by molar-refractivity contribution is 0.629. The normalized spacial score (nSPS) is 13.0. The van der Waals surface area contributed by atoms with Crippen molar-refractivity contribution in [3.8, 4) is 0 Å². The Hall–Kier alpha value is -1.28. The van der Waals surface area contributed by atoms with Gasteiger partial charge in [0, 0.05) is 10.6 Å². The van der Waals surface area contributed by atoms with Crippen LogP contribution >= 0.6 is 11.6 Å². The van der Waals surface area contributed by atoms with Crippen molar-refractivity contribution in [1.82, 2.24) is 0 Å². The number of nitrogen functional groups attached to an aromatic ring is 1. The Morgan fingerprint density at radius 1 is 1.50 bits per heavy atom. The molecule has 1 nitrogen and oxygen atoms in total. The minimum Gasteiger partial charge on any atom is -0.396 e. The molecule has 0 atom stereocenters. The van der Waals surface area contributed by atoms with Gasteiger partial charge in [0.15, 0.2) is 5.82 Å². The van der Waals surface area contributed by atoms with Gasteiger partial charge in [0.1, 0.15) is 0 Å². The molecule has 0 aliphatic heterocycles. The van der Waals surface area contributed by atoms with Crippen LogP contribution in [0.1, 0.15) is 25.8 Å². The molecule has 1 aromatic carbocycles. The van der Waals surface area contributed by atoms with Crippen molar-refractivity contribution < 1.29 is 4.39 Å². The summed E-state index contributed by atoms with van der Waals surface area (Å²) >= 11 is 6.09. The largest absolute Gasteiger partial charge is 0.396 e. The molecule has 86 valence electrons. The molecule has 0 spiro atoms. The quantitative estimate of drug-likeness (QED) is 0.616. The summed E-state index contributed by atoms with van der Waals surface area (Å²) in [7, 11) is 0. The number of anilines is 1. The van der Waals surface area contributed by atoms with Gasteiger partial charge in [0.2, 0.25) is 0 Å². The summed E-state index contributed by atoms with van der Waals surface area (Å²) in [5.74, 6) is -0.415. The zero-order valence-electron chi connectivity index (χ0n) is 9.43. The molecular weight excluding hydrogens is 225 g/mol. The molecule has 0 heterocycles. The molecule has 0 saturated carbocycles. The molecule has 0 amide bonds. The second-order valence-corrected chi connectivity index (χ2v) is 3.84. The minimum atomic E-state index is -0.415. The Kier molecular flexibility index (Phi) is 4.56. The molecule has 0 unspecified atom stereocenters. The van der Waals surface area contributed by atoms with Gasteiger partial charge in [0.05, 0.1) is 5.69 Å². The fourth-order valence-corrected chi connectivity index (χ4v) is 1.61. The van der Waals surface area contributed by atoms with E-state index >= 15 is 0 Å². The van der Waals surface area contributed by atoms with E-state index in [0.717, 1.165) is 0 Å². The topological polar surface area (TPSA) is 26.0 Å². The van der Waals surface area contributed by atoms with Crippen molar-refractivity contribution in [2.45, 2.75) is 20.3 Å². The predicted molar refractivity (Wildman–Crippen MR) is 68.7 cm³/mol. The molecular formula is C13H15ClFN. The molecule has 1 aromatic rings. The van der Waals surface area contributed by atoms with E-state index in [4.69, 9.17) is 17.3 Å². The molecule has 0 saturated heterocycles. The van der Waals surface area contributed by atoms with Gasteiger partial charge < -0.3 is 5.73 Å². The van der Waals surface area contributed by atoms with Crippen LogP contribution in [0.5, 0.6) is 0 Å². The summed E-state index contributed by atoms with van der Waals surface area (Å²) in [5, 5.41) is 0.627. The summed E-state index contributed by atoms with van der Waals surface area (Å²) in [6, 6.07) is 4.93. The fourth-order valence-electron chi connectivity index (χ4n) is 1.44. The lowest BCUT2D eigenvalue weighted by Crippen LogP contribution is -1.96. The molecule has 3 heteroatoms. The Labute approximate surface area is 100 Å². The second kappa shape index (κ2) is 5.71. The van der Waals surface area contributed by atoms with E-state index < -0.39 is 5.82 Å². The smallest absolute Gasteiger partial charge is 0.153 e. The summed E-state index contributed by atoms with van der Waals surface area (Å²) in [4.78, 5) is 0. The van der Waals surface area contributed by atoms with Crippen LogP contribution in [-0.2, 0) is 0 Å². The first-order valence-electron chi connectivity index (χ1n) is 5.17. The highest BCUT2D eigenvalue weighted by Crippen LogP contribution is 2.29. The zero-order valence-corrected chi connectivity index (χ0v) is 10.2. The van der Waals surface area contributed by atoms with Crippen LogP contribution in [-0.4, -0.2) is 0 Å². The van der Waals surface area contributed by atoms with Crippen LogP contribution in [0, 0.1) is 5.82 Å². The van der Waals surface area contributed by atoms with Crippen molar-refractivity contribution in [2.75, 3.05) is 5.73 Å². The average Bonchev–Trinajstić information content (AvgIpc) is 2.29. The summed E-state index contributed by atoms with van der Waals surface area (Å²) < 4.78 is 13.8. The van der Waals surface area contributed by atoms with Gasteiger partial charge in [-0.1, -0.05) is 42.8 Å². The van der Waals surface area contributed by atoms with Crippen molar-refractivity contribution in [3.63, 3.8) is 0 Å². The van der Waals surface area contributed by atoms with Crippen LogP contribution < -0.4 is 5.73 Å². The monoisotopic (exact) mass is 239 g/mol. The van der Waals surface area contributed by atoms with Crippen LogP contribution in [0.3, 0.4) is 0 Å². The average molecular weight is 240 g/mol. The SMILES string of the molecule is C/C=C\C(=C(\Cl)CC)c1cccc(N)c1F. The Morgan fingerprint density at radius 3 is 2.75 bits per heavy atom. The lowest BCUT2D eigenvalue weighted by atomic mass is 10.0. The molecule has 0 aliphatic rings. The molecule has 0 radical (unpaired) electrons. The number of nitrogens with two attached hydrogens (primary N) is 1. The number of hydrogen-bond donors (Lipinski definition) is 1. The fraction of sp³-hybridized carbons (Fsp3) is 0.231. The van der Waals surface area contributed by atoms with E-state index in [1.54, 1.807) is 18.2 Å². The number of rotatable bonds is 3. The van der Waals surface area contributed by atoms with Crippen molar-refractivity contribution in [3.05, 3.63) is 46.8 Å². The number of hydrogen-bond acceptors (Lipinski definition) is 1. The lowest BCUT2D eigenvalue weighted by Gasteiger charge is -2.08. The molecule has 1 rings (SSSR count). The van der Waals surface area contributed by atoms with Gasteiger partial charge in [0.25, 0.3) is 0 Å². The first-order chi connectivity index (χ1) is 7.61. The second-order valence-electron chi connectivity index (χ2n) is 3.38. The maximum Gasteiger partial charge on any atom is 0.153 e. The molecule has 0 bridgehead atoms. The van der Waals surface area contributed by atoms with Crippen molar-refractivity contribution in [2.24, 2.45) is 0 Å². The minimum absolute atomic E-state index is 0.139. The third-order valence-corrected chi connectivity index (χ3v) is 2.73. The van der Waals surface area contributed by atoms with Crippen LogP contribution in [0.4, 0.5) is 10.1 Å². The standard InChI is InChI=1S/C13H15ClFN/c1-3-6-9(11(14)4-2)10-7-5-8-12(16)13(10)15/h3,5-8H,4,16H2,1-2H3/b6-3-,11-9-. The molecule has 16 heavy (non-hydrogen) atoms. The van der Waals surface area contributed by atoms with Gasteiger partial charge in [-0.3, -0.25) is 0 Å². The predicted octanol–water partition coefficient (Wildman–Crippen LogP) is 4.34. The highest BCUT2D eigenvalue weighted by atomic mass is 35.5. The first-order valence-corrected chi connectivity index (χ1v) is 5.55. The highest BCUT2D eigenvalue weighted by Gasteiger charge is 2.10. The van der Waals surface area contributed by atoms with Gasteiger partial charge in [-0.2, -0.15) is 0 Å². The van der Waals surface area contributed by atoms with Crippen molar-refractivity contribution >= 4 is 22.9 Å². The number of allylic oxidation sites excluding steroid dienone is 4. The van der Waals surface area contributed by atoms with Gasteiger partial charge in [-0.15, -0.1) is 0 Å². The van der Waals surface area contributed by atoms with E-state index in [-0.39, 0.29) is 5.69 Å². The van der Waals surface area contributed by atoms with Gasteiger partial charge in [-0.25, -0.2) is 4.39 Å². The van der Waals surface area contributed by atoms with Crippen LogP contribution in [0.25, 0.3) is 5.57 Å². The third kappa shape index (κ3) is 2.64. The van der Waals surface area contributed by atoms with Crippen LogP contribution in [0.2, 0.25) is 0 Å². The Morgan fingerprint density at radius 2 is 2.19 bits per heavy atom. The van der Waals surface area contributed by atoms with Gasteiger partial charge in [-0.05, 0) is 25.0 Å². The van der Waals surface area contributed by atoms with Gasteiger partial charge >= 0.3 is 0 Å². The summed E-state index contributed by atoms with van der Waals surface area (Å²) in [6.07, 6.45) is 4.29. The van der Waals surface area contributed by atoms with E-state index in [1.807, 2.05) is 19.9 Å². The first kappa shape index (κ1) is 12.8. The number of benzene rings is 1. The van der Waals surface area contributed by atoms with E-state index in [2.05, 4.69) is 0 Å². The maximum absolute atomic E-state index is 13.8. The third-order valence-electron chi connectivity index (χ3n) is 2.25. The molecule has 0 fully saturated rings. The molecule has 0 aliphatic carbocycles. The zero-order chi connectivity index (χ0) is 12.1. The molecule has 2 N–H and O–H groups in total. The number of halogens is 2. The summed E-state index contributed by atoms with van der Waals surface area (Å²) in [6.45, 7) is 3.79. The van der Waals surface area contributed by atoms with Crippen molar-refractivity contribution in [1.29, 1.82) is 0 Å². The van der Waals surface area contributed by atoms with E-state index in [1.165, 1.54) is 6.07 Å². The Balaban J connectivity index is 3.39. The van der Waals surface area contributed by atoms with E-state index in [9.17, 15) is 4.39 Å². The summed E-state index contributed by atoms with van der Waals surface area (Å²) in [5.41, 5.74) is 6.81.